The fraction of sp³-hybridized carbons (Fsp3) is 0.250. The van der Waals surface area contributed by atoms with E-state index in [1.165, 1.54) is 6.08 Å². The number of allylic oxidation sites excluding steroid dienone is 1. The van der Waals surface area contributed by atoms with Crippen LogP contribution in [0.2, 0.25) is 0 Å². The fourth-order valence-electron chi connectivity index (χ4n) is 2.54. The van der Waals surface area contributed by atoms with Gasteiger partial charge < -0.3 is 15.2 Å². The third kappa shape index (κ3) is 3.77. The summed E-state index contributed by atoms with van der Waals surface area (Å²) in [6, 6.07) is 9.10. The molecule has 0 bridgehead atoms. The van der Waals surface area contributed by atoms with Crippen molar-refractivity contribution in [3.8, 4) is 11.5 Å². The van der Waals surface area contributed by atoms with Crippen LogP contribution in [0.4, 0.5) is 5.69 Å². The molecule has 0 radical (unpaired) electrons. The van der Waals surface area contributed by atoms with Crippen LogP contribution >= 0.6 is 0 Å². The lowest BCUT2D eigenvalue weighted by Gasteiger charge is -2.14. The molecule has 0 aliphatic rings. The van der Waals surface area contributed by atoms with E-state index in [2.05, 4.69) is 5.32 Å². The van der Waals surface area contributed by atoms with Crippen LogP contribution in [0, 0.1) is 13.8 Å². The molecule has 2 aromatic carbocycles. The third-order valence-electron chi connectivity index (χ3n) is 3.81. The minimum Gasteiger partial charge on any atom is -0.507 e. The number of phenolic OH excluding ortho intramolecular Hbond substituents is 1. The molecular weight excluding hydrogens is 302 g/mol. The molecule has 4 nitrogen and oxygen atoms in total. The molecule has 0 aromatic heterocycles. The van der Waals surface area contributed by atoms with Crippen LogP contribution in [0.25, 0.3) is 6.08 Å². The molecule has 0 aliphatic carbocycles. The van der Waals surface area contributed by atoms with Crippen molar-refractivity contribution in [2.24, 2.45) is 0 Å². The minimum atomic E-state index is -0.126. The second-order valence-electron chi connectivity index (χ2n) is 5.56. The third-order valence-corrected chi connectivity index (χ3v) is 3.81. The van der Waals surface area contributed by atoms with Gasteiger partial charge in [-0.15, -0.1) is 0 Å². The minimum absolute atomic E-state index is 0.126. The number of ketones is 1. The highest BCUT2D eigenvalue weighted by Gasteiger charge is 2.13. The lowest BCUT2D eigenvalue weighted by atomic mass is 10.0. The van der Waals surface area contributed by atoms with Crippen molar-refractivity contribution < 1.29 is 14.6 Å². The first kappa shape index (κ1) is 17.6. The standard InChI is InChI=1S/C20H23NO3/c1-5-24-20-14(3)12-13(2)19(23)17(20)10-11-18(22)15-6-8-16(21-4)9-7-15/h6-12,21,23H,5H2,1-4H3. The zero-order chi connectivity index (χ0) is 17.7. The lowest BCUT2D eigenvalue weighted by Crippen LogP contribution is -1.99. The molecule has 2 N–H and O–H groups in total. The van der Waals surface area contributed by atoms with Crippen molar-refractivity contribution in [2.45, 2.75) is 20.8 Å². The maximum absolute atomic E-state index is 12.3. The molecule has 0 saturated heterocycles. The largest absolute Gasteiger partial charge is 0.507 e. The van der Waals surface area contributed by atoms with E-state index >= 15 is 0 Å². The molecule has 0 saturated carbocycles. The highest BCUT2D eigenvalue weighted by molar-refractivity contribution is 6.07. The maximum Gasteiger partial charge on any atom is 0.185 e. The van der Waals surface area contributed by atoms with Crippen LogP contribution in [-0.2, 0) is 0 Å². The number of nitrogens with one attached hydrogen (secondary N) is 1. The summed E-state index contributed by atoms with van der Waals surface area (Å²) in [5.74, 6) is 0.618. The average molecular weight is 325 g/mol. The maximum atomic E-state index is 12.3. The van der Waals surface area contributed by atoms with Crippen LogP contribution in [0.3, 0.4) is 0 Å². The van der Waals surface area contributed by atoms with E-state index in [-0.39, 0.29) is 11.5 Å². The van der Waals surface area contributed by atoms with Gasteiger partial charge in [-0.25, -0.2) is 0 Å². The number of hydrogen-bond acceptors (Lipinski definition) is 4. The van der Waals surface area contributed by atoms with Gasteiger partial charge in [-0.2, -0.15) is 0 Å². The normalized spacial score (nSPS) is 10.8. The van der Waals surface area contributed by atoms with E-state index < -0.39 is 0 Å². The number of benzene rings is 2. The van der Waals surface area contributed by atoms with Crippen molar-refractivity contribution >= 4 is 17.5 Å². The summed E-state index contributed by atoms with van der Waals surface area (Å²) in [7, 11) is 1.83. The molecule has 4 heteroatoms. The van der Waals surface area contributed by atoms with Gasteiger partial charge >= 0.3 is 0 Å². The number of aromatic hydroxyl groups is 1. The summed E-state index contributed by atoms with van der Waals surface area (Å²) >= 11 is 0. The molecule has 0 spiro atoms. The zero-order valence-corrected chi connectivity index (χ0v) is 14.5. The topological polar surface area (TPSA) is 58.6 Å². The van der Waals surface area contributed by atoms with Crippen LogP contribution in [0.1, 0.15) is 34.0 Å². The van der Waals surface area contributed by atoms with Crippen molar-refractivity contribution in [3.05, 3.63) is 58.7 Å². The van der Waals surface area contributed by atoms with Gasteiger partial charge in [-0.05, 0) is 74.4 Å². The van der Waals surface area contributed by atoms with Gasteiger partial charge in [0.25, 0.3) is 0 Å². The lowest BCUT2D eigenvalue weighted by molar-refractivity contribution is 0.104. The molecule has 2 rings (SSSR count). The number of anilines is 1. The molecule has 0 unspecified atom stereocenters. The van der Waals surface area contributed by atoms with E-state index in [9.17, 15) is 9.90 Å². The van der Waals surface area contributed by atoms with E-state index in [0.29, 0.717) is 23.5 Å². The summed E-state index contributed by atoms with van der Waals surface area (Å²) in [6.45, 7) is 6.13. The van der Waals surface area contributed by atoms with E-state index in [0.717, 1.165) is 16.8 Å². The van der Waals surface area contributed by atoms with Gasteiger partial charge in [-0.1, -0.05) is 0 Å². The highest BCUT2D eigenvalue weighted by atomic mass is 16.5. The number of rotatable bonds is 6. The Labute approximate surface area is 142 Å². The van der Waals surface area contributed by atoms with Gasteiger partial charge in [0.2, 0.25) is 0 Å². The first-order valence-corrected chi connectivity index (χ1v) is 7.94. The van der Waals surface area contributed by atoms with Crippen LogP contribution < -0.4 is 10.1 Å². The number of phenols is 1. The number of carbonyl (C=O) groups is 1. The van der Waals surface area contributed by atoms with E-state index in [1.807, 2.05) is 46.0 Å². The van der Waals surface area contributed by atoms with Gasteiger partial charge in [-0.3, -0.25) is 4.79 Å². The Morgan fingerprint density at radius 1 is 1.21 bits per heavy atom. The number of carbonyl (C=O) groups excluding carboxylic acids is 1. The fourth-order valence-corrected chi connectivity index (χ4v) is 2.54. The monoisotopic (exact) mass is 325 g/mol. The van der Waals surface area contributed by atoms with Gasteiger partial charge in [0, 0.05) is 18.3 Å². The Morgan fingerprint density at radius 2 is 1.88 bits per heavy atom. The quantitative estimate of drug-likeness (QED) is 0.612. The van der Waals surface area contributed by atoms with Crippen LogP contribution in [0.15, 0.2) is 36.4 Å². The van der Waals surface area contributed by atoms with E-state index in [4.69, 9.17) is 4.74 Å². The van der Waals surface area contributed by atoms with E-state index in [1.54, 1.807) is 18.2 Å². The Balaban J connectivity index is 2.34. The predicted molar refractivity (Wildman–Crippen MR) is 98.1 cm³/mol. The van der Waals surface area contributed by atoms with Crippen LogP contribution in [0.5, 0.6) is 11.5 Å². The van der Waals surface area contributed by atoms with Crippen molar-refractivity contribution in [1.29, 1.82) is 0 Å². The smallest absolute Gasteiger partial charge is 0.185 e. The molecule has 0 heterocycles. The summed E-state index contributed by atoms with van der Waals surface area (Å²) in [4.78, 5) is 12.3. The molecule has 126 valence electrons. The Hall–Kier alpha value is -2.75. The van der Waals surface area contributed by atoms with Crippen LogP contribution in [-0.4, -0.2) is 24.5 Å². The molecular formula is C20H23NO3. The number of ether oxygens (including phenoxy) is 1. The molecule has 0 amide bonds. The van der Waals surface area contributed by atoms with Crippen molar-refractivity contribution in [1.82, 2.24) is 0 Å². The molecule has 0 atom stereocenters. The van der Waals surface area contributed by atoms with Gasteiger partial charge in [0.05, 0.1) is 12.2 Å². The summed E-state index contributed by atoms with van der Waals surface area (Å²) in [5.41, 5.74) is 3.75. The van der Waals surface area contributed by atoms with Gasteiger partial charge in [0.1, 0.15) is 11.5 Å². The Bertz CT molecular complexity index is 761. The summed E-state index contributed by atoms with van der Waals surface area (Å²) < 4.78 is 5.64. The average Bonchev–Trinajstić information content (AvgIpc) is 2.59. The first-order valence-electron chi connectivity index (χ1n) is 7.94. The first-order chi connectivity index (χ1) is 11.5. The molecule has 0 fully saturated rings. The second kappa shape index (κ2) is 7.68. The molecule has 24 heavy (non-hydrogen) atoms. The Morgan fingerprint density at radius 3 is 2.46 bits per heavy atom. The summed E-state index contributed by atoms with van der Waals surface area (Å²) in [5, 5.41) is 13.3. The number of hydrogen-bond donors (Lipinski definition) is 2. The predicted octanol–water partition coefficient (Wildman–Crippen LogP) is 4.35. The second-order valence-corrected chi connectivity index (χ2v) is 5.56. The van der Waals surface area contributed by atoms with Gasteiger partial charge in [0.15, 0.2) is 5.78 Å². The van der Waals surface area contributed by atoms with Crippen molar-refractivity contribution in [3.63, 3.8) is 0 Å². The highest BCUT2D eigenvalue weighted by Crippen LogP contribution is 2.35. The molecule has 0 aliphatic heterocycles. The SMILES string of the molecule is CCOc1c(C)cc(C)c(O)c1C=CC(=O)c1ccc(NC)cc1. The zero-order valence-electron chi connectivity index (χ0n) is 14.5. The van der Waals surface area contributed by atoms with Crippen molar-refractivity contribution in [2.75, 3.05) is 19.0 Å². The summed E-state index contributed by atoms with van der Waals surface area (Å²) in [6.07, 6.45) is 3.08. The number of aryl methyl sites for hydroxylation is 2. The molecule has 2 aromatic rings. The Kier molecular flexibility index (Phi) is 5.64.